The van der Waals surface area contributed by atoms with E-state index in [0.29, 0.717) is 18.4 Å². The summed E-state index contributed by atoms with van der Waals surface area (Å²) in [5, 5.41) is 12.2. The van der Waals surface area contributed by atoms with Gasteiger partial charge in [0.25, 0.3) is 0 Å². The van der Waals surface area contributed by atoms with E-state index in [2.05, 4.69) is 5.32 Å². The number of ether oxygens (including phenoxy) is 1. The van der Waals surface area contributed by atoms with Gasteiger partial charge in [-0.05, 0) is 38.0 Å². The number of amides is 1. The lowest BCUT2D eigenvalue weighted by Crippen LogP contribution is -2.45. The summed E-state index contributed by atoms with van der Waals surface area (Å²) in [5.41, 5.74) is 0. The van der Waals surface area contributed by atoms with Gasteiger partial charge in [0.15, 0.2) is 0 Å². The standard InChI is InChI=1S/C11H19NO3/c1-2-15-11(14)12-10-8-4-3-7(5-8)9(10)6-13/h7-10,13H,2-6H2,1H3,(H,12,14)/t7-,8+,9-,10+/m0/s1. The Balaban J connectivity index is 1.93. The third-order valence-corrected chi connectivity index (χ3v) is 3.86. The summed E-state index contributed by atoms with van der Waals surface area (Å²) in [6, 6.07) is 0.132. The number of hydrogen-bond donors (Lipinski definition) is 2. The summed E-state index contributed by atoms with van der Waals surface area (Å²) in [7, 11) is 0. The summed E-state index contributed by atoms with van der Waals surface area (Å²) >= 11 is 0. The van der Waals surface area contributed by atoms with Crippen LogP contribution in [0.15, 0.2) is 0 Å². The van der Waals surface area contributed by atoms with Crippen molar-refractivity contribution in [3.63, 3.8) is 0 Å². The summed E-state index contributed by atoms with van der Waals surface area (Å²) in [5.74, 6) is 1.40. The monoisotopic (exact) mass is 213 g/mol. The molecule has 4 atom stereocenters. The molecule has 2 aliphatic carbocycles. The molecule has 0 heterocycles. The Bertz CT molecular complexity index is 244. The first-order valence-corrected chi connectivity index (χ1v) is 5.80. The highest BCUT2D eigenvalue weighted by atomic mass is 16.5. The summed E-state index contributed by atoms with van der Waals surface area (Å²) < 4.78 is 4.87. The Morgan fingerprint density at radius 1 is 1.47 bits per heavy atom. The van der Waals surface area contributed by atoms with E-state index in [1.54, 1.807) is 6.92 Å². The van der Waals surface area contributed by atoms with Gasteiger partial charge in [0.2, 0.25) is 0 Å². The molecule has 0 saturated heterocycles. The van der Waals surface area contributed by atoms with Crippen LogP contribution in [0.3, 0.4) is 0 Å². The second-order valence-electron chi connectivity index (χ2n) is 4.57. The highest BCUT2D eigenvalue weighted by Crippen LogP contribution is 2.48. The highest BCUT2D eigenvalue weighted by Gasteiger charge is 2.47. The molecule has 86 valence electrons. The molecule has 0 aromatic carbocycles. The molecule has 2 rings (SSSR count). The number of alkyl carbamates (subject to hydrolysis) is 1. The van der Waals surface area contributed by atoms with E-state index < -0.39 is 0 Å². The first kappa shape index (κ1) is 10.7. The zero-order valence-corrected chi connectivity index (χ0v) is 9.11. The lowest BCUT2D eigenvalue weighted by molar-refractivity contribution is 0.117. The first-order valence-electron chi connectivity index (χ1n) is 5.80. The van der Waals surface area contributed by atoms with Gasteiger partial charge < -0.3 is 15.2 Å². The van der Waals surface area contributed by atoms with Crippen molar-refractivity contribution >= 4 is 6.09 Å². The number of aliphatic hydroxyl groups excluding tert-OH is 1. The molecule has 4 heteroatoms. The zero-order chi connectivity index (χ0) is 10.8. The second kappa shape index (κ2) is 4.39. The minimum atomic E-state index is -0.339. The molecular weight excluding hydrogens is 194 g/mol. The van der Waals surface area contributed by atoms with Crippen LogP contribution in [0, 0.1) is 17.8 Å². The average Bonchev–Trinajstić information content (AvgIpc) is 2.78. The fourth-order valence-corrected chi connectivity index (χ4v) is 3.21. The Labute approximate surface area is 90.0 Å². The predicted molar refractivity (Wildman–Crippen MR) is 55.4 cm³/mol. The topological polar surface area (TPSA) is 58.6 Å². The van der Waals surface area contributed by atoms with E-state index in [9.17, 15) is 9.90 Å². The van der Waals surface area contributed by atoms with Crippen molar-refractivity contribution in [2.75, 3.05) is 13.2 Å². The van der Waals surface area contributed by atoms with Crippen LogP contribution in [0.5, 0.6) is 0 Å². The van der Waals surface area contributed by atoms with E-state index in [1.165, 1.54) is 12.8 Å². The van der Waals surface area contributed by atoms with Gasteiger partial charge in [-0.3, -0.25) is 0 Å². The van der Waals surface area contributed by atoms with E-state index in [-0.39, 0.29) is 24.7 Å². The molecule has 4 nitrogen and oxygen atoms in total. The predicted octanol–water partition coefficient (Wildman–Crippen LogP) is 1.14. The number of hydrogen-bond acceptors (Lipinski definition) is 3. The fraction of sp³-hybridized carbons (Fsp3) is 0.909. The Hall–Kier alpha value is -0.770. The van der Waals surface area contributed by atoms with Gasteiger partial charge >= 0.3 is 6.09 Å². The van der Waals surface area contributed by atoms with E-state index in [4.69, 9.17) is 4.74 Å². The highest BCUT2D eigenvalue weighted by molar-refractivity contribution is 5.67. The Morgan fingerprint density at radius 3 is 2.87 bits per heavy atom. The van der Waals surface area contributed by atoms with Crippen LogP contribution >= 0.6 is 0 Å². The van der Waals surface area contributed by atoms with Crippen molar-refractivity contribution < 1.29 is 14.6 Å². The molecule has 2 bridgehead atoms. The van der Waals surface area contributed by atoms with E-state index >= 15 is 0 Å². The lowest BCUT2D eigenvalue weighted by Gasteiger charge is -2.29. The first-order chi connectivity index (χ1) is 7.26. The zero-order valence-electron chi connectivity index (χ0n) is 9.11. The van der Waals surface area contributed by atoms with Crippen LogP contribution in [0.2, 0.25) is 0 Å². The maximum absolute atomic E-state index is 11.3. The molecule has 2 N–H and O–H groups in total. The smallest absolute Gasteiger partial charge is 0.407 e. The Morgan fingerprint density at radius 2 is 2.20 bits per heavy atom. The summed E-state index contributed by atoms with van der Waals surface area (Å²) in [6.07, 6.45) is 3.20. The minimum absolute atomic E-state index is 0.132. The van der Waals surface area contributed by atoms with Crippen LogP contribution in [0.25, 0.3) is 0 Å². The van der Waals surface area contributed by atoms with Gasteiger partial charge in [-0.2, -0.15) is 0 Å². The van der Waals surface area contributed by atoms with E-state index in [0.717, 1.165) is 6.42 Å². The molecule has 0 radical (unpaired) electrons. The quantitative estimate of drug-likeness (QED) is 0.739. The van der Waals surface area contributed by atoms with Crippen LogP contribution in [0.1, 0.15) is 26.2 Å². The maximum atomic E-state index is 11.3. The number of fused-ring (bicyclic) bond motifs is 2. The Kier molecular flexibility index (Phi) is 3.14. The van der Waals surface area contributed by atoms with Crippen LogP contribution in [-0.4, -0.2) is 30.5 Å². The SMILES string of the molecule is CCOC(=O)N[C@@H]1[C@@H]2CC[C@@H](C2)[C@@H]1CO. The summed E-state index contributed by atoms with van der Waals surface area (Å²) in [4.78, 5) is 11.3. The molecule has 0 aliphatic heterocycles. The fourth-order valence-electron chi connectivity index (χ4n) is 3.21. The molecule has 15 heavy (non-hydrogen) atoms. The molecule has 2 saturated carbocycles. The minimum Gasteiger partial charge on any atom is -0.450 e. The molecule has 2 aliphatic rings. The second-order valence-corrected chi connectivity index (χ2v) is 4.57. The number of nitrogens with one attached hydrogen (secondary N) is 1. The van der Waals surface area contributed by atoms with Crippen molar-refractivity contribution in [2.24, 2.45) is 17.8 Å². The molecule has 0 unspecified atom stereocenters. The summed E-state index contributed by atoms with van der Waals surface area (Å²) in [6.45, 7) is 2.37. The van der Waals surface area contributed by atoms with Gasteiger partial charge in [-0.1, -0.05) is 0 Å². The van der Waals surface area contributed by atoms with Gasteiger partial charge in [0.1, 0.15) is 0 Å². The van der Waals surface area contributed by atoms with Crippen LogP contribution in [0.4, 0.5) is 4.79 Å². The van der Waals surface area contributed by atoms with Crippen LogP contribution in [-0.2, 0) is 4.74 Å². The van der Waals surface area contributed by atoms with Crippen molar-refractivity contribution in [2.45, 2.75) is 32.2 Å². The lowest BCUT2D eigenvalue weighted by atomic mass is 9.85. The van der Waals surface area contributed by atoms with Gasteiger partial charge in [-0.25, -0.2) is 4.79 Å². The third kappa shape index (κ3) is 1.95. The molecule has 2 fully saturated rings. The molecular formula is C11H19NO3. The van der Waals surface area contributed by atoms with Gasteiger partial charge in [0, 0.05) is 18.6 Å². The number of carbonyl (C=O) groups excluding carboxylic acids is 1. The van der Waals surface area contributed by atoms with Crippen molar-refractivity contribution in [3.8, 4) is 0 Å². The molecule has 0 aromatic rings. The molecule has 1 amide bonds. The van der Waals surface area contributed by atoms with Crippen molar-refractivity contribution in [1.29, 1.82) is 0 Å². The van der Waals surface area contributed by atoms with Crippen molar-refractivity contribution in [1.82, 2.24) is 5.32 Å². The van der Waals surface area contributed by atoms with Gasteiger partial charge in [0.05, 0.1) is 6.61 Å². The maximum Gasteiger partial charge on any atom is 0.407 e. The van der Waals surface area contributed by atoms with E-state index in [1.807, 2.05) is 0 Å². The normalized spacial score (nSPS) is 38.0. The van der Waals surface area contributed by atoms with Gasteiger partial charge in [-0.15, -0.1) is 0 Å². The number of carbonyl (C=O) groups is 1. The molecule has 0 spiro atoms. The molecule has 0 aromatic heterocycles. The average molecular weight is 213 g/mol. The van der Waals surface area contributed by atoms with Crippen molar-refractivity contribution in [3.05, 3.63) is 0 Å². The third-order valence-electron chi connectivity index (χ3n) is 3.86. The number of aliphatic hydroxyl groups is 1. The number of rotatable bonds is 3. The largest absolute Gasteiger partial charge is 0.450 e. The van der Waals surface area contributed by atoms with Crippen LogP contribution < -0.4 is 5.32 Å².